The first-order valence-electron chi connectivity index (χ1n) is 12.0. The van der Waals surface area contributed by atoms with Crippen molar-refractivity contribution in [1.82, 2.24) is 4.90 Å². The first kappa shape index (κ1) is 22.4. The van der Waals surface area contributed by atoms with Gasteiger partial charge in [-0.05, 0) is 85.6 Å². The van der Waals surface area contributed by atoms with Gasteiger partial charge in [0.2, 0.25) is 0 Å². The maximum atomic E-state index is 5.97. The van der Waals surface area contributed by atoms with E-state index in [4.69, 9.17) is 9.47 Å². The molecule has 0 aromatic heterocycles. The van der Waals surface area contributed by atoms with E-state index in [1.807, 2.05) is 42.5 Å². The molecular formula is C29H35NO2. The van der Waals surface area contributed by atoms with E-state index < -0.39 is 0 Å². The van der Waals surface area contributed by atoms with Gasteiger partial charge in [0, 0.05) is 6.54 Å². The normalized spacial score (nSPS) is 14.9. The molecule has 1 aliphatic heterocycles. The molecule has 3 aromatic rings. The number of piperidine rings is 1. The van der Waals surface area contributed by atoms with Gasteiger partial charge in [0.25, 0.3) is 0 Å². The second kappa shape index (κ2) is 11.7. The molecule has 1 heterocycles. The van der Waals surface area contributed by atoms with E-state index in [0.29, 0.717) is 6.61 Å². The van der Waals surface area contributed by atoms with E-state index in [0.717, 1.165) is 37.0 Å². The van der Waals surface area contributed by atoms with Crippen LogP contribution in [0.15, 0.2) is 78.9 Å². The van der Waals surface area contributed by atoms with Gasteiger partial charge >= 0.3 is 0 Å². The van der Waals surface area contributed by atoms with Crippen molar-refractivity contribution in [2.24, 2.45) is 5.92 Å². The Bertz CT molecular complexity index is 914. The minimum absolute atomic E-state index is 0.584. The SMILES string of the molecule is CCc1ccc(CC2CCN(CCOc3ccc(OCc4ccccc4)cc3)CC2)cc1. The summed E-state index contributed by atoms with van der Waals surface area (Å²) in [6.45, 7) is 6.87. The third kappa shape index (κ3) is 6.86. The van der Waals surface area contributed by atoms with Crippen LogP contribution in [-0.4, -0.2) is 31.1 Å². The largest absolute Gasteiger partial charge is 0.492 e. The lowest BCUT2D eigenvalue weighted by molar-refractivity contribution is 0.155. The topological polar surface area (TPSA) is 21.7 Å². The Balaban J connectivity index is 1.12. The van der Waals surface area contributed by atoms with Gasteiger partial charge in [-0.3, -0.25) is 4.90 Å². The third-order valence-electron chi connectivity index (χ3n) is 6.41. The molecule has 0 atom stereocenters. The van der Waals surface area contributed by atoms with Crippen LogP contribution in [-0.2, 0) is 19.4 Å². The van der Waals surface area contributed by atoms with Crippen LogP contribution in [0.4, 0.5) is 0 Å². The maximum Gasteiger partial charge on any atom is 0.120 e. The molecule has 1 fully saturated rings. The number of ether oxygens (including phenoxy) is 2. The van der Waals surface area contributed by atoms with E-state index in [2.05, 4.69) is 48.2 Å². The zero-order valence-corrected chi connectivity index (χ0v) is 19.2. The van der Waals surface area contributed by atoms with Crippen LogP contribution in [0.1, 0.15) is 36.5 Å². The molecule has 32 heavy (non-hydrogen) atoms. The van der Waals surface area contributed by atoms with Crippen LogP contribution >= 0.6 is 0 Å². The Morgan fingerprint density at radius 3 is 2.00 bits per heavy atom. The van der Waals surface area contributed by atoms with Gasteiger partial charge in [-0.1, -0.05) is 61.5 Å². The molecule has 0 spiro atoms. The lowest BCUT2D eigenvalue weighted by Gasteiger charge is -2.32. The molecule has 3 aromatic carbocycles. The molecule has 0 saturated carbocycles. The van der Waals surface area contributed by atoms with Crippen molar-refractivity contribution >= 4 is 0 Å². The number of hydrogen-bond acceptors (Lipinski definition) is 3. The van der Waals surface area contributed by atoms with Crippen LogP contribution in [0.5, 0.6) is 11.5 Å². The van der Waals surface area contributed by atoms with Crippen molar-refractivity contribution in [3.8, 4) is 11.5 Å². The lowest BCUT2D eigenvalue weighted by atomic mass is 9.90. The molecule has 168 valence electrons. The van der Waals surface area contributed by atoms with Crippen molar-refractivity contribution < 1.29 is 9.47 Å². The van der Waals surface area contributed by atoms with Crippen molar-refractivity contribution in [2.45, 2.75) is 39.2 Å². The molecule has 1 saturated heterocycles. The van der Waals surface area contributed by atoms with E-state index in [9.17, 15) is 0 Å². The molecular weight excluding hydrogens is 394 g/mol. The number of hydrogen-bond donors (Lipinski definition) is 0. The number of nitrogens with zero attached hydrogens (tertiary/aromatic N) is 1. The van der Waals surface area contributed by atoms with Crippen molar-refractivity contribution in [3.63, 3.8) is 0 Å². The zero-order valence-electron chi connectivity index (χ0n) is 19.2. The smallest absolute Gasteiger partial charge is 0.120 e. The predicted octanol–water partition coefficient (Wildman–Crippen LogP) is 6.16. The number of benzene rings is 3. The maximum absolute atomic E-state index is 5.97. The summed E-state index contributed by atoms with van der Waals surface area (Å²) in [5, 5.41) is 0. The van der Waals surface area contributed by atoms with Gasteiger partial charge in [0.1, 0.15) is 24.7 Å². The fourth-order valence-corrected chi connectivity index (χ4v) is 4.32. The molecule has 0 bridgehead atoms. The highest BCUT2D eigenvalue weighted by Crippen LogP contribution is 2.22. The standard InChI is InChI=1S/C29H35NO2/c1-2-24-8-10-25(11-9-24)22-26-16-18-30(19-17-26)20-21-31-28-12-14-29(15-13-28)32-23-27-6-4-3-5-7-27/h3-15,26H,2,16-23H2,1H3. The highest BCUT2D eigenvalue weighted by atomic mass is 16.5. The first-order chi connectivity index (χ1) is 15.8. The summed E-state index contributed by atoms with van der Waals surface area (Å²) in [6, 6.07) is 27.4. The summed E-state index contributed by atoms with van der Waals surface area (Å²) in [6.07, 6.45) is 4.89. The molecule has 1 aliphatic rings. The average Bonchev–Trinajstić information content (AvgIpc) is 2.86. The Hall–Kier alpha value is -2.78. The van der Waals surface area contributed by atoms with E-state index in [-0.39, 0.29) is 0 Å². The molecule has 0 unspecified atom stereocenters. The Morgan fingerprint density at radius 1 is 0.719 bits per heavy atom. The average molecular weight is 430 g/mol. The van der Waals surface area contributed by atoms with Crippen molar-refractivity contribution in [3.05, 3.63) is 95.6 Å². The minimum atomic E-state index is 0.584. The first-order valence-corrected chi connectivity index (χ1v) is 12.0. The van der Waals surface area contributed by atoms with Gasteiger partial charge in [-0.2, -0.15) is 0 Å². The minimum Gasteiger partial charge on any atom is -0.492 e. The van der Waals surface area contributed by atoms with Gasteiger partial charge in [-0.15, -0.1) is 0 Å². The molecule has 4 rings (SSSR count). The zero-order chi connectivity index (χ0) is 22.0. The van der Waals surface area contributed by atoms with Crippen LogP contribution in [0.2, 0.25) is 0 Å². The molecule has 0 aliphatic carbocycles. The quantitative estimate of drug-likeness (QED) is 0.385. The monoisotopic (exact) mass is 429 g/mol. The predicted molar refractivity (Wildman–Crippen MR) is 131 cm³/mol. The van der Waals surface area contributed by atoms with Crippen LogP contribution in [0.3, 0.4) is 0 Å². The second-order valence-corrected chi connectivity index (χ2v) is 8.75. The molecule has 0 amide bonds. The van der Waals surface area contributed by atoms with E-state index in [1.54, 1.807) is 0 Å². The van der Waals surface area contributed by atoms with Crippen LogP contribution in [0, 0.1) is 5.92 Å². The second-order valence-electron chi connectivity index (χ2n) is 8.75. The third-order valence-corrected chi connectivity index (χ3v) is 6.41. The van der Waals surface area contributed by atoms with Crippen LogP contribution in [0.25, 0.3) is 0 Å². The van der Waals surface area contributed by atoms with Gasteiger partial charge in [-0.25, -0.2) is 0 Å². The molecule has 3 heteroatoms. The van der Waals surface area contributed by atoms with E-state index >= 15 is 0 Å². The molecule has 3 nitrogen and oxygen atoms in total. The lowest BCUT2D eigenvalue weighted by Crippen LogP contribution is -2.37. The number of aryl methyl sites for hydroxylation is 1. The van der Waals surface area contributed by atoms with E-state index in [1.165, 1.54) is 49.0 Å². The fraction of sp³-hybridized carbons (Fsp3) is 0.379. The van der Waals surface area contributed by atoms with Gasteiger partial charge in [0.15, 0.2) is 0 Å². The number of likely N-dealkylation sites (tertiary alicyclic amines) is 1. The molecule has 0 N–H and O–H groups in total. The summed E-state index contributed by atoms with van der Waals surface area (Å²) in [5.41, 5.74) is 4.09. The molecule has 0 radical (unpaired) electrons. The number of rotatable bonds is 10. The van der Waals surface area contributed by atoms with Gasteiger partial charge < -0.3 is 9.47 Å². The van der Waals surface area contributed by atoms with Crippen LogP contribution < -0.4 is 9.47 Å². The Labute approximate surface area is 193 Å². The Morgan fingerprint density at radius 2 is 1.34 bits per heavy atom. The summed E-state index contributed by atoms with van der Waals surface area (Å²) in [5.74, 6) is 2.58. The van der Waals surface area contributed by atoms with Crippen molar-refractivity contribution in [1.29, 1.82) is 0 Å². The summed E-state index contributed by atoms with van der Waals surface area (Å²) in [7, 11) is 0. The summed E-state index contributed by atoms with van der Waals surface area (Å²) < 4.78 is 11.8. The summed E-state index contributed by atoms with van der Waals surface area (Å²) >= 11 is 0. The Kier molecular flexibility index (Phi) is 8.22. The highest BCUT2D eigenvalue weighted by Gasteiger charge is 2.19. The summed E-state index contributed by atoms with van der Waals surface area (Å²) in [4.78, 5) is 2.54. The van der Waals surface area contributed by atoms with Crippen molar-refractivity contribution in [2.75, 3.05) is 26.2 Å². The highest BCUT2D eigenvalue weighted by molar-refractivity contribution is 5.31. The van der Waals surface area contributed by atoms with Gasteiger partial charge in [0.05, 0.1) is 0 Å². The fourth-order valence-electron chi connectivity index (χ4n) is 4.32.